The van der Waals surface area contributed by atoms with Crippen molar-refractivity contribution in [2.24, 2.45) is 0 Å². The first-order valence-electron chi connectivity index (χ1n) is 7.97. The van der Waals surface area contributed by atoms with Gasteiger partial charge in [-0.25, -0.2) is 0 Å². The molecule has 0 fully saturated rings. The second kappa shape index (κ2) is 23.2. The Morgan fingerprint density at radius 1 is 0.611 bits per heavy atom. The Kier molecular flexibility index (Phi) is 27.6. The molecular weight excluding hydrogens is 337 g/mol. The Labute approximate surface area is 133 Å². The number of unbranched alkanes of at least 4 members (excludes halogenated alkanes) is 13. The van der Waals surface area contributed by atoms with Crippen LogP contribution in [0.15, 0.2) is 0 Å². The molecule has 0 heterocycles. The maximum absolute atomic E-state index is 3.87. The summed E-state index contributed by atoms with van der Waals surface area (Å²) in [6, 6.07) is 0. The van der Waals surface area contributed by atoms with E-state index in [1.54, 1.807) is 0 Å². The van der Waals surface area contributed by atoms with E-state index >= 15 is 0 Å². The van der Waals surface area contributed by atoms with E-state index in [0.717, 1.165) is 6.42 Å². The first-order valence-corrected chi connectivity index (χ1v) is 14.9. The van der Waals surface area contributed by atoms with Crippen LogP contribution in [0.4, 0.5) is 0 Å². The molecule has 0 amide bonds. The van der Waals surface area contributed by atoms with E-state index in [4.69, 9.17) is 0 Å². The zero-order valence-electron chi connectivity index (χ0n) is 12.7. The van der Waals surface area contributed by atoms with Crippen LogP contribution in [-0.4, -0.2) is 0 Å². The summed E-state index contributed by atoms with van der Waals surface area (Å²) in [6.45, 7) is 6.16. The Hall–Kier alpha value is 1.10. The van der Waals surface area contributed by atoms with Gasteiger partial charge in [0.25, 0.3) is 0 Å². The van der Waals surface area contributed by atoms with Crippen molar-refractivity contribution in [1.82, 2.24) is 0 Å². The minimum absolute atomic E-state index is 1.12. The molecule has 106 valence electrons. The third kappa shape index (κ3) is 22.3. The van der Waals surface area contributed by atoms with E-state index in [1.807, 2.05) is 0 Å². The van der Waals surface area contributed by atoms with Crippen LogP contribution >= 0.6 is 13.6 Å². The Morgan fingerprint density at radius 3 is 1.17 bits per heavy atom. The zero-order valence-corrected chi connectivity index (χ0v) is 17.2. The molecule has 0 aliphatic rings. The summed E-state index contributed by atoms with van der Waals surface area (Å²) in [6.07, 6.45) is 19.8. The Bertz CT molecular complexity index is 104. The molecular formula is C16H33BrZn. The third-order valence-corrected chi connectivity index (χ3v) is 3.35. The molecule has 0 aliphatic carbocycles. The monoisotopic (exact) mass is 368 g/mol. The van der Waals surface area contributed by atoms with Gasteiger partial charge in [0.05, 0.1) is 0 Å². The molecule has 0 unspecified atom stereocenters. The molecule has 0 rings (SSSR count). The number of halogens is 1. The van der Waals surface area contributed by atoms with E-state index in [-0.39, 0.29) is 0 Å². The van der Waals surface area contributed by atoms with Crippen LogP contribution in [0, 0.1) is 6.92 Å². The zero-order chi connectivity index (χ0) is 13.9. The molecule has 0 aromatic heterocycles. The molecule has 0 bridgehead atoms. The Morgan fingerprint density at radius 2 is 0.889 bits per heavy atom. The van der Waals surface area contributed by atoms with Crippen molar-refractivity contribution in [3.8, 4) is 0 Å². The van der Waals surface area contributed by atoms with Crippen LogP contribution in [0.25, 0.3) is 0 Å². The van der Waals surface area contributed by atoms with Crippen LogP contribution in [0.3, 0.4) is 0 Å². The van der Waals surface area contributed by atoms with Gasteiger partial charge in [0.1, 0.15) is 0 Å². The fourth-order valence-corrected chi connectivity index (χ4v) is 2.19. The van der Waals surface area contributed by atoms with E-state index in [0.29, 0.717) is 0 Å². The molecule has 0 atom stereocenters. The summed E-state index contributed by atoms with van der Waals surface area (Å²) in [7, 11) is 0. The summed E-state index contributed by atoms with van der Waals surface area (Å²) in [5.74, 6) is 0. The van der Waals surface area contributed by atoms with Gasteiger partial charge in [-0.2, -0.15) is 6.42 Å². The first-order chi connectivity index (χ1) is 8.91. The Balaban J connectivity index is 0. The fourth-order valence-electron chi connectivity index (χ4n) is 2.19. The van der Waals surface area contributed by atoms with Crippen LogP contribution in [0.5, 0.6) is 0 Å². The van der Waals surface area contributed by atoms with Gasteiger partial charge in [0.2, 0.25) is 0 Å². The quantitative estimate of drug-likeness (QED) is 0.183. The standard InChI is InChI=1S/C16H33.BrH.Zn/c1-3-5-7-9-11-13-15-16-14-12-10-8-6-4-2;;/h1,3-16H2,2H3;1H;/q-1;;+2/p-1. The van der Waals surface area contributed by atoms with E-state index in [1.165, 1.54) is 99.8 Å². The average Bonchev–Trinajstić information content (AvgIpc) is 2.42. The predicted molar refractivity (Wildman–Crippen MR) is 84.6 cm³/mol. The van der Waals surface area contributed by atoms with Gasteiger partial charge < -0.3 is 6.92 Å². The molecule has 2 heteroatoms. The summed E-state index contributed by atoms with van der Waals surface area (Å²) in [4.78, 5) is 0. The van der Waals surface area contributed by atoms with Crippen molar-refractivity contribution in [3.05, 3.63) is 6.92 Å². The second-order valence-corrected chi connectivity index (χ2v) is 5.10. The van der Waals surface area contributed by atoms with Crippen molar-refractivity contribution in [3.63, 3.8) is 0 Å². The topological polar surface area (TPSA) is 0 Å². The SMILES string of the molecule is [CH2-]CCCCCCCCCCCCCCC.[Zn+][Br]. The molecule has 18 heavy (non-hydrogen) atoms. The molecule has 0 aliphatic heterocycles. The van der Waals surface area contributed by atoms with Crippen molar-refractivity contribution in [2.75, 3.05) is 0 Å². The molecule has 0 radical (unpaired) electrons. The van der Waals surface area contributed by atoms with Gasteiger partial charge in [-0.05, 0) is 0 Å². The molecule has 0 nitrogen and oxygen atoms in total. The molecule has 0 aromatic rings. The summed E-state index contributed by atoms with van der Waals surface area (Å²) in [5.41, 5.74) is 0. The molecule has 0 N–H and O–H groups in total. The van der Waals surface area contributed by atoms with E-state index < -0.39 is 0 Å². The van der Waals surface area contributed by atoms with Gasteiger partial charge in [-0.1, -0.05) is 90.4 Å². The fraction of sp³-hybridized carbons (Fsp3) is 0.938. The van der Waals surface area contributed by atoms with Gasteiger partial charge in [-0.15, -0.1) is 0 Å². The normalized spacial score (nSPS) is 10.1. The molecule has 0 spiro atoms. The third-order valence-electron chi connectivity index (χ3n) is 3.35. The second-order valence-electron chi connectivity index (χ2n) is 5.10. The van der Waals surface area contributed by atoms with Crippen LogP contribution in [0.1, 0.15) is 96.8 Å². The first kappa shape index (κ1) is 21.4. The van der Waals surface area contributed by atoms with Gasteiger partial charge in [0, 0.05) is 0 Å². The summed E-state index contributed by atoms with van der Waals surface area (Å²) < 4.78 is 0. The van der Waals surface area contributed by atoms with Crippen molar-refractivity contribution in [1.29, 1.82) is 0 Å². The van der Waals surface area contributed by atoms with Crippen LogP contribution in [-0.2, 0) is 16.3 Å². The minimum atomic E-state index is 1.12. The molecule has 0 aromatic carbocycles. The van der Waals surface area contributed by atoms with Gasteiger partial charge >= 0.3 is 30.0 Å². The van der Waals surface area contributed by atoms with E-state index in [9.17, 15) is 0 Å². The molecule has 0 saturated carbocycles. The van der Waals surface area contributed by atoms with Crippen LogP contribution < -0.4 is 0 Å². The number of hydrogen-bond donors (Lipinski definition) is 0. The predicted octanol–water partition coefficient (Wildman–Crippen LogP) is 7.14. The van der Waals surface area contributed by atoms with Crippen molar-refractivity contribution < 1.29 is 16.3 Å². The van der Waals surface area contributed by atoms with Gasteiger partial charge in [-0.3, -0.25) is 0 Å². The van der Waals surface area contributed by atoms with Crippen molar-refractivity contribution >= 4 is 13.6 Å². The summed E-state index contributed by atoms with van der Waals surface area (Å²) in [5, 5.41) is 0. The molecule has 0 saturated heterocycles. The number of hydrogen-bond acceptors (Lipinski definition) is 0. The van der Waals surface area contributed by atoms with Crippen molar-refractivity contribution in [2.45, 2.75) is 96.8 Å². The summed E-state index contributed by atoms with van der Waals surface area (Å²) >= 11 is 4.25. The number of rotatable bonds is 13. The van der Waals surface area contributed by atoms with Crippen LogP contribution in [0.2, 0.25) is 0 Å². The maximum atomic E-state index is 3.87. The van der Waals surface area contributed by atoms with E-state index in [2.05, 4.69) is 27.5 Å². The van der Waals surface area contributed by atoms with Gasteiger partial charge in [0.15, 0.2) is 0 Å². The average molecular weight is 371 g/mol.